The summed E-state index contributed by atoms with van der Waals surface area (Å²) in [5.74, 6) is -1.96. The number of hydrogen-bond acceptors (Lipinski definition) is 15. The van der Waals surface area contributed by atoms with Gasteiger partial charge in [-0.05, 0) is 110 Å². The highest BCUT2D eigenvalue weighted by Gasteiger charge is 2.80. The summed E-state index contributed by atoms with van der Waals surface area (Å²) >= 11 is 0. The number of aromatic amines is 1. The number of rotatable bonds is 12. The predicted octanol–water partition coefficient (Wildman–Crippen LogP) is 8.03. The Kier molecular flexibility index (Phi) is 14.9. The van der Waals surface area contributed by atoms with E-state index in [1.165, 1.54) is 74.9 Å². The van der Waals surface area contributed by atoms with Crippen molar-refractivity contribution in [1.29, 1.82) is 0 Å². The Labute approximate surface area is 485 Å². The first kappa shape index (κ1) is 58.3. The normalized spacial score (nSPS) is 27.5. The number of carbonyl (C=O) groups excluding carboxylic acids is 3. The predicted molar refractivity (Wildman–Crippen MR) is 306 cm³/mol. The molecule has 2 aromatic heterocycles. The standard InChI is InChI=1S/C45H54N4O8.C17H14F3N3O3S/c1-8-27-19-28-22-44(40(51)55-6,36-30(25-48(23-27)24-28)29-13-10-11-14-33(29)46-36)32-20-31-34(21-35(32)54-5)47(4)38-43(31)16-18-49-17-12-15-42(9-2,37(43)49)39(57-26(3)50)45(38,53)41(52)56-7;1-26-16-7-2-10(8-13(16)18)15-9-14(17(19)20)22-23(15)11-3-5-12(6-4-11)27(21,24)25/h10-15,19-21,28,37-39,46,53H,8-9,16-18,22-25H2,1-7H3;2-9,17H,1H3,(H2,21,24,25)/t28-,37-,38+,39+,42+,43+,44-,45-;/m0./s1. The molecule has 6 aromatic rings. The number of nitrogens with two attached hydrogens (primary N) is 1. The van der Waals surface area contributed by atoms with Crippen molar-refractivity contribution in [2.75, 3.05) is 66.6 Å². The number of sulfonamides is 1. The second kappa shape index (κ2) is 21.5. The number of nitrogens with zero attached hydrogens (tertiary/aromatic N) is 5. The lowest BCUT2D eigenvalue weighted by Crippen LogP contribution is -2.81. The maximum atomic E-state index is 15.2. The number of methoxy groups -OCH3 is 4. The first-order valence-electron chi connectivity index (χ1n) is 27.9. The third kappa shape index (κ3) is 8.83. The molecule has 0 radical (unpaired) electrons. The molecule has 84 heavy (non-hydrogen) atoms. The van der Waals surface area contributed by atoms with Gasteiger partial charge < -0.3 is 38.7 Å². The van der Waals surface area contributed by atoms with E-state index in [2.05, 4.69) is 63.2 Å². The van der Waals surface area contributed by atoms with Crippen LogP contribution in [0, 0.1) is 17.2 Å². The minimum atomic E-state index is -3.90. The van der Waals surface area contributed by atoms with E-state index < -0.39 is 73.9 Å². The number of para-hydroxylation sites is 1. The van der Waals surface area contributed by atoms with Crippen molar-refractivity contribution in [3.63, 3.8) is 0 Å². The lowest BCUT2D eigenvalue weighted by Gasteiger charge is -2.63. The summed E-state index contributed by atoms with van der Waals surface area (Å²) in [6.07, 6.45) is 4.84. The molecule has 22 heteroatoms. The number of likely N-dealkylation sites (N-methyl/N-ethyl adjacent to an activating group) is 1. The lowest BCUT2D eigenvalue weighted by molar-refractivity contribution is -0.228. The van der Waals surface area contributed by atoms with Gasteiger partial charge in [-0.15, -0.1) is 0 Å². The summed E-state index contributed by atoms with van der Waals surface area (Å²) in [4.78, 5) is 53.0. The number of alkyl halides is 2. The Bertz CT molecular complexity index is 3790. The van der Waals surface area contributed by atoms with Crippen LogP contribution < -0.4 is 19.5 Å². The van der Waals surface area contributed by atoms with E-state index in [0.29, 0.717) is 61.5 Å². The number of ether oxygens (including phenoxy) is 5. The molecule has 6 aliphatic rings. The molecule has 1 aliphatic carbocycles. The number of halogens is 3. The highest BCUT2D eigenvalue weighted by atomic mass is 32.2. The highest BCUT2D eigenvalue weighted by Crippen LogP contribution is 2.68. The second-order valence-corrected chi connectivity index (χ2v) is 24.3. The zero-order chi connectivity index (χ0) is 60.0. The molecule has 5 aliphatic heterocycles. The van der Waals surface area contributed by atoms with Gasteiger partial charge in [-0.2, -0.15) is 5.10 Å². The fourth-order valence-corrected chi connectivity index (χ4v) is 15.9. The third-order valence-electron chi connectivity index (χ3n) is 18.6. The first-order valence-corrected chi connectivity index (χ1v) is 29.5. The van der Waals surface area contributed by atoms with Crippen molar-refractivity contribution in [1.82, 2.24) is 24.6 Å². The zero-order valence-electron chi connectivity index (χ0n) is 48.0. The quantitative estimate of drug-likeness (QED) is 0.0600. The number of anilines is 1. The molecular formula is C62H68F3N7O11S. The van der Waals surface area contributed by atoms with Crippen LogP contribution in [-0.2, 0) is 56.0 Å². The van der Waals surface area contributed by atoms with Crippen LogP contribution in [0.5, 0.6) is 11.5 Å². The average molecular weight is 1180 g/mol. The molecule has 2 fully saturated rings. The van der Waals surface area contributed by atoms with Crippen molar-refractivity contribution in [2.45, 2.75) is 98.9 Å². The lowest BCUT2D eigenvalue weighted by atomic mass is 9.47. The molecule has 2 bridgehead atoms. The zero-order valence-corrected chi connectivity index (χ0v) is 48.8. The topological polar surface area (TPSA) is 221 Å². The molecule has 0 amide bonds. The fraction of sp³-hybridized carbons (Fsp3) is 0.419. The van der Waals surface area contributed by atoms with E-state index in [0.717, 1.165) is 65.1 Å². The summed E-state index contributed by atoms with van der Waals surface area (Å²) in [5, 5.41) is 23.3. The molecule has 0 unspecified atom stereocenters. The number of fused-ring (bicyclic) bond motifs is 6. The summed E-state index contributed by atoms with van der Waals surface area (Å²) in [7, 11) is 3.64. The summed E-state index contributed by atoms with van der Waals surface area (Å²) < 4.78 is 93.0. The molecule has 1 spiro atoms. The number of benzene rings is 4. The maximum Gasteiger partial charge on any atom is 0.344 e. The molecule has 1 saturated heterocycles. The Morgan fingerprint density at radius 1 is 0.905 bits per heavy atom. The smallest absolute Gasteiger partial charge is 0.344 e. The van der Waals surface area contributed by atoms with Gasteiger partial charge in [0.1, 0.15) is 16.9 Å². The number of H-pyrrole nitrogens is 1. The largest absolute Gasteiger partial charge is 0.496 e. The number of carbonyl (C=O) groups is 3. The molecule has 18 nitrogen and oxygen atoms in total. The summed E-state index contributed by atoms with van der Waals surface area (Å²) in [6, 6.07) is 21.5. The monoisotopic (exact) mass is 1180 g/mol. The van der Waals surface area contributed by atoms with Gasteiger partial charge in [0.15, 0.2) is 17.7 Å². The van der Waals surface area contributed by atoms with Gasteiger partial charge in [0, 0.05) is 96.5 Å². The van der Waals surface area contributed by atoms with E-state index in [1.807, 2.05) is 37.1 Å². The van der Waals surface area contributed by atoms with Gasteiger partial charge in [0.25, 0.3) is 6.43 Å². The van der Waals surface area contributed by atoms with Crippen molar-refractivity contribution < 1.29 is 64.8 Å². The number of hydrogen-bond donors (Lipinski definition) is 3. The highest BCUT2D eigenvalue weighted by molar-refractivity contribution is 7.89. The first-order chi connectivity index (χ1) is 40.1. The number of nitrogens with one attached hydrogen (secondary N) is 1. The number of aromatic nitrogens is 3. The molecule has 1 saturated carbocycles. The van der Waals surface area contributed by atoms with E-state index in [9.17, 15) is 36.3 Å². The van der Waals surface area contributed by atoms with Crippen LogP contribution in [-0.4, -0.2) is 141 Å². The molecule has 4 N–H and O–H groups in total. The van der Waals surface area contributed by atoms with E-state index >= 15 is 4.79 Å². The Balaban J connectivity index is 0.000000228. The molecule has 7 heterocycles. The molecular weight excluding hydrogens is 1110 g/mol. The van der Waals surface area contributed by atoms with Crippen LogP contribution in [0.2, 0.25) is 0 Å². The summed E-state index contributed by atoms with van der Waals surface area (Å²) in [6.45, 7) is 9.19. The minimum Gasteiger partial charge on any atom is -0.496 e. The maximum absolute atomic E-state index is 15.2. The van der Waals surface area contributed by atoms with Gasteiger partial charge >= 0.3 is 17.9 Å². The Morgan fingerprint density at radius 3 is 2.27 bits per heavy atom. The minimum absolute atomic E-state index is 0.0106. The van der Waals surface area contributed by atoms with Crippen LogP contribution in [0.3, 0.4) is 0 Å². The number of aliphatic hydroxyl groups is 1. The van der Waals surface area contributed by atoms with Crippen LogP contribution in [0.4, 0.5) is 18.9 Å². The number of primary sulfonamides is 1. The molecule has 444 valence electrons. The van der Waals surface area contributed by atoms with Crippen molar-refractivity contribution >= 4 is 44.5 Å². The van der Waals surface area contributed by atoms with Crippen molar-refractivity contribution in [2.24, 2.45) is 16.5 Å². The molecule has 12 rings (SSSR count). The average Bonchev–Trinajstić information content (AvgIpc) is 1.43. The van der Waals surface area contributed by atoms with Gasteiger partial charge in [-0.1, -0.05) is 55.8 Å². The summed E-state index contributed by atoms with van der Waals surface area (Å²) in [5.41, 5.74) is 1.35. The van der Waals surface area contributed by atoms with Crippen LogP contribution in [0.15, 0.2) is 114 Å². The Hall–Kier alpha value is -7.50. The molecule has 4 aromatic carbocycles. The van der Waals surface area contributed by atoms with Crippen LogP contribution in [0.25, 0.3) is 27.8 Å². The van der Waals surface area contributed by atoms with E-state index in [1.54, 1.807) is 7.11 Å². The van der Waals surface area contributed by atoms with Gasteiger partial charge in [0.2, 0.25) is 15.6 Å². The fourth-order valence-electron chi connectivity index (χ4n) is 15.4. The molecule has 9 atom stereocenters. The van der Waals surface area contributed by atoms with E-state index in [4.69, 9.17) is 28.8 Å². The van der Waals surface area contributed by atoms with Gasteiger partial charge in [-0.3, -0.25) is 19.4 Å². The van der Waals surface area contributed by atoms with Gasteiger partial charge in [-0.25, -0.2) is 36.2 Å². The van der Waals surface area contributed by atoms with Gasteiger partial charge in [0.05, 0.1) is 50.8 Å². The van der Waals surface area contributed by atoms with Crippen LogP contribution in [0.1, 0.15) is 81.0 Å². The van der Waals surface area contributed by atoms with Crippen molar-refractivity contribution in [3.8, 4) is 28.4 Å². The number of esters is 3. The second-order valence-electron chi connectivity index (χ2n) is 22.7. The van der Waals surface area contributed by atoms with Crippen LogP contribution >= 0.6 is 0 Å². The van der Waals surface area contributed by atoms with E-state index in [-0.39, 0.29) is 34.3 Å². The Morgan fingerprint density at radius 2 is 1.63 bits per heavy atom. The SMILES string of the molecule is CCC1=C[C@@H]2C[N@](C1)Cc1c([nH]c3ccccc13)[C@@](C(=O)OC)(c1cc3c(cc1OC)N(C)[C@H]1[C@@](O)(C(=O)OC)[C@H](OC(C)=O)[C@]4(CC)C=CCN5CC[C@]31[C@@H]54)C2.COc1ccc(-c2cc(C(F)F)nn2-c2ccc(S(N)(=O)=O)cc2)cc1F. The third-order valence-corrected chi connectivity index (χ3v) is 19.5. The van der Waals surface area contributed by atoms with Crippen molar-refractivity contribution in [3.05, 3.63) is 143 Å².